The van der Waals surface area contributed by atoms with Crippen molar-refractivity contribution in [2.45, 2.75) is 13.1 Å². The molecule has 0 fully saturated rings. The molecule has 60 valence electrons. The van der Waals surface area contributed by atoms with Crippen LogP contribution in [0.3, 0.4) is 0 Å². The first-order chi connectivity index (χ1) is 4.24. The maximum atomic E-state index is 2.75. The topological polar surface area (TPSA) is 24.1 Å². The predicted molar refractivity (Wildman–Crippen MR) is 50.2 cm³/mol. The molecule has 0 atom stereocenters. The van der Waals surface area contributed by atoms with E-state index in [4.69, 9.17) is 0 Å². The van der Waals surface area contributed by atoms with Crippen LogP contribution in [0.4, 0.5) is 0 Å². The second kappa shape index (κ2) is 42.1. The molecule has 9 heavy (non-hydrogen) atoms. The van der Waals surface area contributed by atoms with Crippen molar-refractivity contribution in [2.24, 2.45) is 0 Å². The first kappa shape index (κ1) is 16.1. The molecule has 0 unspecified atom stereocenters. The molecule has 0 aromatic rings. The normalized spacial score (nSPS) is 6.00. The molecule has 2 N–H and O–H groups in total. The van der Waals surface area contributed by atoms with Crippen LogP contribution >= 0.6 is 0 Å². The highest BCUT2D eigenvalue weighted by atomic mass is 28.2. The van der Waals surface area contributed by atoms with Crippen molar-refractivity contribution in [1.29, 1.82) is 0 Å². The number of hydrogen-bond acceptors (Lipinski definition) is 2. The smallest absolute Gasteiger partial charge is 0.0135 e. The van der Waals surface area contributed by atoms with Crippen molar-refractivity contribution >= 4 is 9.52 Å². The van der Waals surface area contributed by atoms with Crippen LogP contribution in [-0.2, 0) is 0 Å². The van der Waals surface area contributed by atoms with Crippen molar-refractivity contribution in [3.05, 3.63) is 0 Å². The van der Waals surface area contributed by atoms with Gasteiger partial charge in [-0.3, -0.25) is 0 Å². The standard InChI is InChI=1S/2C2H7N.C2H8Si/c3*1-3-2/h2*3H,1-2H3;3H2,1-2H3. The molecule has 0 amide bonds. The lowest BCUT2D eigenvalue weighted by atomic mass is 11.3. The third-order valence-corrected chi connectivity index (χ3v) is 0. The quantitative estimate of drug-likeness (QED) is 0.472. The van der Waals surface area contributed by atoms with E-state index in [2.05, 4.69) is 23.7 Å². The molecule has 0 spiro atoms. The average Bonchev–Trinajstić information content (AvgIpc) is 1.70. The van der Waals surface area contributed by atoms with E-state index in [0.717, 1.165) is 0 Å². The fraction of sp³-hybridized carbons (Fsp3) is 1.00. The minimum Gasteiger partial charge on any atom is -0.323 e. The Hall–Kier alpha value is 0.137. The summed E-state index contributed by atoms with van der Waals surface area (Å²) >= 11 is 0. The molecule has 0 saturated heterocycles. The van der Waals surface area contributed by atoms with E-state index < -0.39 is 0 Å². The van der Waals surface area contributed by atoms with Gasteiger partial charge in [-0.15, -0.1) is 0 Å². The zero-order valence-corrected chi connectivity index (χ0v) is 9.12. The monoisotopic (exact) mass is 150 g/mol. The summed E-state index contributed by atoms with van der Waals surface area (Å²) in [5.41, 5.74) is 0. The molecular formula is C6H22N2Si. The highest BCUT2D eigenvalue weighted by Crippen LogP contribution is 1.36. The van der Waals surface area contributed by atoms with E-state index in [1.807, 2.05) is 28.2 Å². The molecule has 0 bridgehead atoms. The summed E-state index contributed by atoms with van der Waals surface area (Å²) in [6.45, 7) is 4.53. The molecule has 0 aliphatic rings. The zero-order valence-electron chi connectivity index (χ0n) is 7.71. The van der Waals surface area contributed by atoms with Gasteiger partial charge in [-0.2, -0.15) is 0 Å². The van der Waals surface area contributed by atoms with Crippen molar-refractivity contribution in [3.8, 4) is 0 Å². The molecule has 0 saturated carbocycles. The van der Waals surface area contributed by atoms with Gasteiger partial charge in [0, 0.05) is 9.52 Å². The Morgan fingerprint density at radius 1 is 0.778 bits per heavy atom. The molecule has 0 aromatic heterocycles. The second-order valence-corrected chi connectivity index (χ2v) is 3.12. The molecule has 0 heterocycles. The summed E-state index contributed by atoms with van der Waals surface area (Å²) in [7, 11) is 7.92. The van der Waals surface area contributed by atoms with Crippen LogP contribution in [0.25, 0.3) is 0 Å². The van der Waals surface area contributed by atoms with Crippen molar-refractivity contribution in [1.82, 2.24) is 10.6 Å². The summed E-state index contributed by atoms with van der Waals surface area (Å²) in [6.07, 6.45) is 0. The van der Waals surface area contributed by atoms with Gasteiger partial charge < -0.3 is 10.6 Å². The Balaban J connectivity index is -0.0000000600. The Kier molecular flexibility index (Phi) is 75.2. The van der Waals surface area contributed by atoms with Crippen LogP contribution in [0.2, 0.25) is 13.1 Å². The van der Waals surface area contributed by atoms with E-state index in [1.165, 1.54) is 0 Å². The molecular weight excluding hydrogens is 128 g/mol. The highest BCUT2D eigenvalue weighted by Gasteiger charge is 1.38. The minimum absolute atomic E-state index is 0.417. The van der Waals surface area contributed by atoms with Crippen molar-refractivity contribution in [3.63, 3.8) is 0 Å². The Morgan fingerprint density at radius 3 is 0.778 bits per heavy atom. The number of rotatable bonds is 0. The van der Waals surface area contributed by atoms with E-state index in [0.29, 0.717) is 9.52 Å². The van der Waals surface area contributed by atoms with E-state index in [1.54, 1.807) is 0 Å². The molecule has 3 heteroatoms. The van der Waals surface area contributed by atoms with E-state index in [9.17, 15) is 0 Å². The first-order valence-corrected chi connectivity index (χ1v) is 6.24. The summed E-state index contributed by atoms with van der Waals surface area (Å²) in [4.78, 5) is 0. The number of hydrogen-bond donors (Lipinski definition) is 2. The van der Waals surface area contributed by atoms with Crippen LogP contribution in [-0.4, -0.2) is 37.7 Å². The largest absolute Gasteiger partial charge is 0.323 e. The lowest BCUT2D eigenvalue weighted by Crippen LogP contribution is -1.89. The molecule has 0 aliphatic carbocycles. The summed E-state index contributed by atoms with van der Waals surface area (Å²) in [5.74, 6) is 0. The summed E-state index contributed by atoms with van der Waals surface area (Å²) in [6, 6.07) is 0. The van der Waals surface area contributed by atoms with E-state index >= 15 is 0 Å². The van der Waals surface area contributed by atoms with Gasteiger partial charge in [-0.25, -0.2) is 0 Å². The molecule has 0 radical (unpaired) electrons. The number of nitrogens with one attached hydrogen (secondary N) is 2. The van der Waals surface area contributed by atoms with Crippen molar-refractivity contribution in [2.75, 3.05) is 28.2 Å². The third kappa shape index (κ3) is 16400. The van der Waals surface area contributed by atoms with Gasteiger partial charge in [0.2, 0.25) is 0 Å². The SMILES string of the molecule is CNC.CNC.C[SiH2]C. The van der Waals surface area contributed by atoms with Crippen LogP contribution < -0.4 is 10.6 Å². The second-order valence-electron chi connectivity index (χ2n) is 1.71. The van der Waals surface area contributed by atoms with Crippen LogP contribution in [0.5, 0.6) is 0 Å². The van der Waals surface area contributed by atoms with Gasteiger partial charge in [0.1, 0.15) is 0 Å². The van der Waals surface area contributed by atoms with Gasteiger partial charge in [-0.1, -0.05) is 13.1 Å². The van der Waals surface area contributed by atoms with Crippen LogP contribution in [0, 0.1) is 0 Å². The summed E-state index contributed by atoms with van der Waals surface area (Å²) < 4.78 is 0. The molecule has 0 rings (SSSR count). The summed E-state index contributed by atoms with van der Waals surface area (Å²) in [5, 5.41) is 5.50. The Labute approximate surface area is 62.2 Å². The van der Waals surface area contributed by atoms with Gasteiger partial charge in [0.25, 0.3) is 0 Å². The predicted octanol–water partition coefficient (Wildman–Crippen LogP) is -0.0774. The van der Waals surface area contributed by atoms with E-state index in [-0.39, 0.29) is 0 Å². The molecule has 0 aliphatic heterocycles. The fourth-order valence-electron chi connectivity index (χ4n) is 0. The third-order valence-electron chi connectivity index (χ3n) is 0. The van der Waals surface area contributed by atoms with Crippen molar-refractivity contribution < 1.29 is 0 Å². The Bertz CT molecular complexity index is 15.8. The van der Waals surface area contributed by atoms with Gasteiger partial charge in [0.05, 0.1) is 0 Å². The van der Waals surface area contributed by atoms with Gasteiger partial charge >= 0.3 is 0 Å². The van der Waals surface area contributed by atoms with Crippen LogP contribution in [0.15, 0.2) is 0 Å². The lowest BCUT2D eigenvalue weighted by Gasteiger charge is -1.59. The Morgan fingerprint density at radius 2 is 0.778 bits per heavy atom. The lowest BCUT2D eigenvalue weighted by molar-refractivity contribution is 1.02. The average molecular weight is 150 g/mol. The minimum atomic E-state index is 0.417. The van der Waals surface area contributed by atoms with Gasteiger partial charge in [-0.05, 0) is 28.2 Å². The highest BCUT2D eigenvalue weighted by molar-refractivity contribution is 6.31. The fourth-order valence-corrected chi connectivity index (χ4v) is 0. The molecule has 0 aromatic carbocycles. The van der Waals surface area contributed by atoms with Gasteiger partial charge in [0.15, 0.2) is 0 Å². The molecule has 2 nitrogen and oxygen atoms in total. The maximum absolute atomic E-state index is 2.75. The first-order valence-electron chi connectivity index (χ1n) is 3.41. The zero-order chi connectivity index (χ0) is 8.12. The van der Waals surface area contributed by atoms with Crippen LogP contribution in [0.1, 0.15) is 0 Å². The maximum Gasteiger partial charge on any atom is 0.0135 e.